The third kappa shape index (κ3) is 1.41. The van der Waals surface area contributed by atoms with Gasteiger partial charge in [0.05, 0.1) is 6.04 Å². The van der Waals surface area contributed by atoms with Gasteiger partial charge in [-0.25, -0.2) is 0 Å². The van der Waals surface area contributed by atoms with E-state index in [0.717, 1.165) is 0 Å². The maximum absolute atomic E-state index is 5.46. The van der Waals surface area contributed by atoms with E-state index in [4.69, 9.17) is 6.42 Å². The molecule has 0 amide bonds. The largest absolute Gasteiger partial charge is 0.303 e. The zero-order chi connectivity index (χ0) is 9.97. The molecule has 1 aromatic heterocycles. The predicted octanol–water partition coefficient (Wildman–Crippen LogP) is 2.80. The second kappa shape index (κ2) is 3.83. The first-order chi connectivity index (χ1) is 6.86. The minimum atomic E-state index is 0.0196. The van der Waals surface area contributed by atoms with Gasteiger partial charge in [-0.15, -0.1) is 17.8 Å². The van der Waals surface area contributed by atoms with E-state index in [1.165, 1.54) is 15.6 Å². The molecule has 14 heavy (non-hydrogen) atoms. The van der Waals surface area contributed by atoms with Gasteiger partial charge in [-0.3, -0.25) is 0 Å². The van der Waals surface area contributed by atoms with Crippen LogP contribution in [-0.2, 0) is 0 Å². The number of thiophene rings is 1. The van der Waals surface area contributed by atoms with Crippen molar-refractivity contribution in [3.63, 3.8) is 0 Å². The maximum Gasteiger partial charge on any atom is 0.0954 e. The maximum atomic E-state index is 5.46. The van der Waals surface area contributed by atoms with Crippen LogP contribution in [0.15, 0.2) is 29.6 Å². The number of nitrogens with one attached hydrogen (secondary N) is 1. The summed E-state index contributed by atoms with van der Waals surface area (Å²) in [5.41, 5.74) is 1.20. The third-order valence-corrected chi connectivity index (χ3v) is 3.26. The van der Waals surface area contributed by atoms with Gasteiger partial charge in [0.25, 0.3) is 0 Å². The van der Waals surface area contributed by atoms with Crippen LogP contribution in [0.5, 0.6) is 0 Å². The summed E-state index contributed by atoms with van der Waals surface area (Å²) in [5.74, 6) is 2.74. The van der Waals surface area contributed by atoms with E-state index in [9.17, 15) is 0 Å². The zero-order valence-electron chi connectivity index (χ0n) is 7.95. The number of terminal acetylenes is 1. The van der Waals surface area contributed by atoms with Crippen LogP contribution in [0.3, 0.4) is 0 Å². The van der Waals surface area contributed by atoms with E-state index >= 15 is 0 Å². The molecule has 2 rings (SSSR count). The monoisotopic (exact) mass is 201 g/mol. The van der Waals surface area contributed by atoms with Crippen molar-refractivity contribution >= 4 is 21.4 Å². The normalized spacial score (nSPS) is 12.6. The third-order valence-electron chi connectivity index (χ3n) is 2.28. The molecule has 1 heterocycles. The zero-order valence-corrected chi connectivity index (χ0v) is 8.77. The molecule has 1 N–H and O–H groups in total. The summed E-state index contributed by atoms with van der Waals surface area (Å²) < 4.78 is 1.29. The minimum absolute atomic E-state index is 0.0196. The van der Waals surface area contributed by atoms with E-state index in [0.29, 0.717) is 0 Å². The Morgan fingerprint density at radius 2 is 2.21 bits per heavy atom. The number of rotatable bonds is 2. The number of hydrogen-bond acceptors (Lipinski definition) is 2. The molecule has 0 fully saturated rings. The Bertz CT molecular complexity index is 478. The Kier molecular flexibility index (Phi) is 2.53. The van der Waals surface area contributed by atoms with Crippen LogP contribution in [0.4, 0.5) is 0 Å². The Hall–Kier alpha value is -1.30. The number of hydrogen-bond donors (Lipinski definition) is 1. The summed E-state index contributed by atoms with van der Waals surface area (Å²) in [6, 6.07) is 8.34. The fraction of sp³-hybridized carbons (Fsp3) is 0.167. The standard InChI is InChI=1S/C12H11NS/c1-3-11(13-2)10-8-14-12-7-5-4-6-9(10)12/h1,4-8,11,13H,2H3. The Morgan fingerprint density at radius 1 is 1.43 bits per heavy atom. The molecule has 0 aliphatic heterocycles. The van der Waals surface area contributed by atoms with Gasteiger partial charge < -0.3 is 5.32 Å². The summed E-state index contributed by atoms with van der Waals surface area (Å²) >= 11 is 1.74. The lowest BCUT2D eigenvalue weighted by atomic mass is 10.1. The van der Waals surface area contributed by atoms with Gasteiger partial charge >= 0.3 is 0 Å². The first-order valence-electron chi connectivity index (χ1n) is 4.46. The molecule has 0 aliphatic rings. The molecular weight excluding hydrogens is 190 g/mol. The van der Waals surface area contributed by atoms with Crippen LogP contribution in [0, 0.1) is 12.3 Å². The van der Waals surface area contributed by atoms with Crippen LogP contribution in [-0.4, -0.2) is 7.05 Å². The highest BCUT2D eigenvalue weighted by Crippen LogP contribution is 2.29. The predicted molar refractivity (Wildman–Crippen MR) is 62.5 cm³/mol. The molecule has 0 bridgehead atoms. The fourth-order valence-corrected chi connectivity index (χ4v) is 2.54. The van der Waals surface area contributed by atoms with Gasteiger partial charge in [0, 0.05) is 4.70 Å². The average Bonchev–Trinajstić information content (AvgIpc) is 2.65. The second-order valence-corrected chi connectivity index (χ2v) is 3.99. The van der Waals surface area contributed by atoms with Gasteiger partial charge in [0.15, 0.2) is 0 Å². The molecule has 0 radical (unpaired) electrons. The molecule has 1 atom stereocenters. The smallest absolute Gasteiger partial charge is 0.0954 e. The summed E-state index contributed by atoms with van der Waals surface area (Å²) in [6.07, 6.45) is 5.46. The molecule has 1 aromatic carbocycles. The topological polar surface area (TPSA) is 12.0 Å². The van der Waals surface area contributed by atoms with Crippen molar-refractivity contribution in [1.29, 1.82) is 0 Å². The SMILES string of the molecule is C#CC(NC)c1csc2ccccc12. The van der Waals surface area contributed by atoms with E-state index in [2.05, 4.69) is 28.8 Å². The number of benzene rings is 1. The van der Waals surface area contributed by atoms with Gasteiger partial charge in [-0.05, 0) is 29.4 Å². The lowest BCUT2D eigenvalue weighted by molar-refractivity contribution is 0.744. The number of fused-ring (bicyclic) bond motifs is 1. The fourth-order valence-electron chi connectivity index (χ4n) is 1.55. The van der Waals surface area contributed by atoms with Gasteiger partial charge in [-0.2, -0.15) is 0 Å². The van der Waals surface area contributed by atoms with Gasteiger partial charge in [-0.1, -0.05) is 24.1 Å². The van der Waals surface area contributed by atoms with Crippen molar-refractivity contribution in [2.24, 2.45) is 0 Å². The van der Waals surface area contributed by atoms with Crippen molar-refractivity contribution in [3.8, 4) is 12.3 Å². The lowest BCUT2D eigenvalue weighted by Crippen LogP contribution is -2.13. The average molecular weight is 201 g/mol. The van der Waals surface area contributed by atoms with Crippen molar-refractivity contribution in [3.05, 3.63) is 35.2 Å². The van der Waals surface area contributed by atoms with Crippen LogP contribution in [0.2, 0.25) is 0 Å². The Labute approximate surface area is 87.8 Å². The summed E-state index contributed by atoms with van der Waals surface area (Å²) in [5, 5.41) is 6.51. The van der Waals surface area contributed by atoms with Gasteiger partial charge in [0.2, 0.25) is 0 Å². The van der Waals surface area contributed by atoms with E-state index in [1.807, 2.05) is 19.2 Å². The first kappa shape index (κ1) is 9.26. The molecular formula is C12H11NS. The van der Waals surface area contributed by atoms with Crippen LogP contribution < -0.4 is 5.32 Å². The van der Waals surface area contributed by atoms with Crippen LogP contribution in [0.25, 0.3) is 10.1 Å². The molecule has 0 aliphatic carbocycles. The van der Waals surface area contributed by atoms with Crippen molar-refractivity contribution in [2.75, 3.05) is 7.05 Å². The quantitative estimate of drug-likeness (QED) is 0.737. The molecule has 70 valence electrons. The van der Waals surface area contributed by atoms with Crippen molar-refractivity contribution in [1.82, 2.24) is 5.32 Å². The Morgan fingerprint density at radius 3 is 2.93 bits per heavy atom. The lowest BCUT2D eigenvalue weighted by Gasteiger charge is -2.07. The van der Waals surface area contributed by atoms with Crippen molar-refractivity contribution in [2.45, 2.75) is 6.04 Å². The molecule has 0 saturated heterocycles. The summed E-state index contributed by atoms with van der Waals surface area (Å²) in [4.78, 5) is 0. The first-order valence-corrected chi connectivity index (χ1v) is 5.34. The van der Waals surface area contributed by atoms with E-state index in [-0.39, 0.29) is 6.04 Å². The molecule has 2 aromatic rings. The van der Waals surface area contributed by atoms with Gasteiger partial charge in [0.1, 0.15) is 0 Å². The highest BCUT2D eigenvalue weighted by Gasteiger charge is 2.10. The molecule has 0 saturated carbocycles. The van der Waals surface area contributed by atoms with E-state index in [1.54, 1.807) is 11.3 Å². The second-order valence-electron chi connectivity index (χ2n) is 3.08. The molecule has 2 heteroatoms. The van der Waals surface area contributed by atoms with Crippen molar-refractivity contribution < 1.29 is 0 Å². The highest BCUT2D eigenvalue weighted by molar-refractivity contribution is 7.17. The molecule has 0 spiro atoms. The van der Waals surface area contributed by atoms with Crippen LogP contribution >= 0.6 is 11.3 Å². The Balaban J connectivity index is 2.59. The molecule has 1 nitrogen and oxygen atoms in total. The molecule has 1 unspecified atom stereocenters. The summed E-state index contributed by atoms with van der Waals surface area (Å²) in [7, 11) is 1.89. The minimum Gasteiger partial charge on any atom is -0.303 e. The summed E-state index contributed by atoms with van der Waals surface area (Å²) in [6.45, 7) is 0. The van der Waals surface area contributed by atoms with Crippen LogP contribution in [0.1, 0.15) is 11.6 Å². The highest BCUT2D eigenvalue weighted by atomic mass is 32.1. The van der Waals surface area contributed by atoms with E-state index < -0.39 is 0 Å².